The molecule has 0 bridgehead atoms. The van der Waals surface area contributed by atoms with Crippen molar-refractivity contribution in [1.82, 2.24) is 16.0 Å². The first-order valence-corrected chi connectivity index (χ1v) is 14.0. The Bertz CT molecular complexity index is 888. The molecule has 200 valence electrons. The highest BCUT2D eigenvalue weighted by Crippen LogP contribution is 2.08. The van der Waals surface area contributed by atoms with E-state index in [0.29, 0.717) is 17.9 Å². The Morgan fingerprint density at radius 1 is 0.806 bits per heavy atom. The number of rotatable bonds is 17. The Labute approximate surface area is 218 Å². The third-order valence-corrected chi connectivity index (χ3v) is 6.41. The summed E-state index contributed by atoms with van der Waals surface area (Å²) in [4.78, 5) is 61.0. The van der Waals surface area contributed by atoms with Crippen LogP contribution in [0, 0.1) is 0 Å². The van der Waals surface area contributed by atoms with Crippen molar-refractivity contribution >= 4 is 53.2 Å². The van der Waals surface area contributed by atoms with Gasteiger partial charge in [-0.25, -0.2) is 4.79 Å². The van der Waals surface area contributed by atoms with Crippen LogP contribution >= 0.6 is 23.5 Å². The Kier molecular flexibility index (Phi) is 14.6. The minimum atomic E-state index is -1.65. The van der Waals surface area contributed by atoms with E-state index in [1.54, 1.807) is 42.3 Å². The van der Waals surface area contributed by atoms with Gasteiger partial charge in [0.25, 0.3) is 0 Å². The first-order chi connectivity index (χ1) is 17.1. The molecule has 0 radical (unpaired) electrons. The van der Waals surface area contributed by atoms with Gasteiger partial charge in [-0.1, -0.05) is 30.3 Å². The van der Waals surface area contributed by atoms with Crippen molar-refractivity contribution in [2.45, 2.75) is 49.9 Å². The van der Waals surface area contributed by atoms with Gasteiger partial charge in [-0.2, -0.15) is 23.5 Å². The van der Waals surface area contributed by atoms with Gasteiger partial charge < -0.3 is 31.9 Å². The molecule has 0 fully saturated rings. The second-order valence-electron chi connectivity index (χ2n) is 7.98. The van der Waals surface area contributed by atoms with Crippen LogP contribution in [0.25, 0.3) is 0 Å². The van der Waals surface area contributed by atoms with Crippen molar-refractivity contribution in [3.63, 3.8) is 0 Å². The quantitative estimate of drug-likeness (QED) is 0.157. The third kappa shape index (κ3) is 11.8. The van der Waals surface area contributed by atoms with Crippen LogP contribution < -0.4 is 21.7 Å². The van der Waals surface area contributed by atoms with E-state index in [1.165, 1.54) is 11.8 Å². The summed E-state index contributed by atoms with van der Waals surface area (Å²) < 4.78 is 0. The van der Waals surface area contributed by atoms with Crippen LogP contribution in [0.4, 0.5) is 0 Å². The highest BCUT2D eigenvalue weighted by molar-refractivity contribution is 7.98. The van der Waals surface area contributed by atoms with Crippen molar-refractivity contribution in [2.24, 2.45) is 5.73 Å². The van der Waals surface area contributed by atoms with E-state index in [9.17, 15) is 29.1 Å². The zero-order chi connectivity index (χ0) is 27.1. The standard InChI is InChI=1S/C23H34N4O7S2/c1-35-10-8-15(24)20(30)26-17(12-14-6-4-3-5-7-14)22(32)25-16(9-11-36-2)21(31)27-18(23(33)34)13-19(28)29/h3-7,15-18H,8-13,24H2,1-2H3,(H,25,32)(H,26,30)(H,27,31)(H,28,29)(H,33,34). The van der Waals surface area contributed by atoms with E-state index in [0.717, 1.165) is 5.56 Å². The van der Waals surface area contributed by atoms with Crippen molar-refractivity contribution in [3.8, 4) is 0 Å². The molecule has 13 heteroatoms. The number of aliphatic carboxylic acids is 2. The molecule has 11 nitrogen and oxygen atoms in total. The van der Waals surface area contributed by atoms with Crippen LogP contribution in [0.15, 0.2) is 30.3 Å². The summed E-state index contributed by atoms with van der Waals surface area (Å²) in [7, 11) is 0. The van der Waals surface area contributed by atoms with Gasteiger partial charge in [-0.05, 0) is 42.4 Å². The molecule has 1 rings (SSSR count). The first-order valence-electron chi connectivity index (χ1n) is 11.2. The third-order valence-electron chi connectivity index (χ3n) is 5.12. The number of nitrogens with one attached hydrogen (secondary N) is 3. The number of amides is 3. The fraction of sp³-hybridized carbons (Fsp3) is 0.522. The zero-order valence-electron chi connectivity index (χ0n) is 20.3. The number of hydrogen-bond donors (Lipinski definition) is 6. The number of nitrogens with two attached hydrogens (primary N) is 1. The largest absolute Gasteiger partial charge is 0.481 e. The lowest BCUT2D eigenvalue weighted by atomic mass is 10.0. The molecule has 7 N–H and O–H groups in total. The number of hydrogen-bond acceptors (Lipinski definition) is 8. The lowest BCUT2D eigenvalue weighted by Gasteiger charge is -2.25. The van der Waals surface area contributed by atoms with Gasteiger partial charge in [0, 0.05) is 6.42 Å². The van der Waals surface area contributed by atoms with E-state index in [2.05, 4.69) is 16.0 Å². The fourth-order valence-corrected chi connectivity index (χ4v) is 4.10. The minimum Gasteiger partial charge on any atom is -0.481 e. The Morgan fingerprint density at radius 2 is 1.33 bits per heavy atom. The molecular weight excluding hydrogens is 508 g/mol. The maximum absolute atomic E-state index is 13.2. The smallest absolute Gasteiger partial charge is 0.326 e. The molecule has 36 heavy (non-hydrogen) atoms. The monoisotopic (exact) mass is 542 g/mol. The molecule has 1 aromatic carbocycles. The van der Waals surface area contributed by atoms with Gasteiger partial charge >= 0.3 is 11.9 Å². The molecule has 0 heterocycles. The molecule has 3 amide bonds. The van der Waals surface area contributed by atoms with Gasteiger partial charge in [-0.15, -0.1) is 0 Å². The summed E-state index contributed by atoms with van der Waals surface area (Å²) in [6.45, 7) is 0. The van der Waals surface area contributed by atoms with Gasteiger partial charge in [-0.3, -0.25) is 19.2 Å². The maximum atomic E-state index is 13.2. The van der Waals surface area contributed by atoms with Crippen LogP contribution in [0.5, 0.6) is 0 Å². The second-order valence-corrected chi connectivity index (χ2v) is 9.95. The minimum absolute atomic E-state index is 0.140. The lowest BCUT2D eigenvalue weighted by molar-refractivity contribution is -0.147. The van der Waals surface area contributed by atoms with E-state index in [1.807, 2.05) is 12.3 Å². The SMILES string of the molecule is CSCCC(N)C(=O)NC(Cc1ccccc1)C(=O)NC(CCSC)C(=O)NC(CC(=O)O)C(=O)O. The van der Waals surface area contributed by atoms with E-state index in [4.69, 9.17) is 10.8 Å². The summed E-state index contributed by atoms with van der Waals surface area (Å²) in [5, 5.41) is 25.6. The van der Waals surface area contributed by atoms with Crippen molar-refractivity contribution in [1.29, 1.82) is 0 Å². The first kappa shape index (κ1) is 31.3. The van der Waals surface area contributed by atoms with Crippen LogP contribution in [-0.4, -0.2) is 88.1 Å². The molecule has 0 saturated carbocycles. The number of thioether (sulfide) groups is 2. The predicted molar refractivity (Wildman–Crippen MR) is 140 cm³/mol. The maximum Gasteiger partial charge on any atom is 0.326 e. The van der Waals surface area contributed by atoms with Gasteiger partial charge in [0.1, 0.15) is 18.1 Å². The number of carbonyl (C=O) groups is 5. The molecule has 0 aliphatic heterocycles. The van der Waals surface area contributed by atoms with E-state index in [-0.39, 0.29) is 12.8 Å². The van der Waals surface area contributed by atoms with Crippen molar-refractivity contribution in [3.05, 3.63) is 35.9 Å². The molecule has 0 spiro atoms. The van der Waals surface area contributed by atoms with Crippen LogP contribution in [0.1, 0.15) is 24.8 Å². The Hall–Kier alpha value is -2.77. The summed E-state index contributed by atoms with van der Waals surface area (Å²) in [5.41, 5.74) is 6.73. The van der Waals surface area contributed by atoms with Crippen LogP contribution in [0.2, 0.25) is 0 Å². The normalized spacial score (nSPS) is 14.1. The van der Waals surface area contributed by atoms with Gasteiger partial charge in [0.05, 0.1) is 12.5 Å². The average Bonchev–Trinajstić information content (AvgIpc) is 2.84. The molecule has 0 aromatic heterocycles. The molecule has 0 aliphatic rings. The molecule has 4 atom stereocenters. The van der Waals surface area contributed by atoms with E-state index >= 15 is 0 Å². The fourth-order valence-electron chi connectivity index (χ4n) is 3.14. The molecule has 1 aromatic rings. The van der Waals surface area contributed by atoms with E-state index < -0.39 is 60.2 Å². The topological polar surface area (TPSA) is 188 Å². The molecule has 0 aliphatic carbocycles. The Morgan fingerprint density at radius 3 is 1.89 bits per heavy atom. The van der Waals surface area contributed by atoms with Crippen LogP contribution in [-0.2, 0) is 30.4 Å². The summed E-state index contributed by atoms with van der Waals surface area (Å²) in [5.74, 6) is -3.74. The number of carboxylic acids is 2. The lowest BCUT2D eigenvalue weighted by Crippen LogP contribution is -2.57. The highest BCUT2D eigenvalue weighted by Gasteiger charge is 2.31. The predicted octanol–water partition coefficient (Wildman–Crippen LogP) is 0.0763. The van der Waals surface area contributed by atoms with Crippen molar-refractivity contribution < 1.29 is 34.2 Å². The zero-order valence-corrected chi connectivity index (χ0v) is 21.9. The molecular formula is C23H34N4O7S2. The summed E-state index contributed by atoms with van der Waals surface area (Å²) >= 11 is 2.95. The average molecular weight is 543 g/mol. The second kappa shape index (κ2) is 16.8. The summed E-state index contributed by atoms with van der Waals surface area (Å²) in [6, 6.07) is 4.33. The number of benzene rings is 1. The number of carbonyl (C=O) groups excluding carboxylic acids is 3. The van der Waals surface area contributed by atoms with Crippen LogP contribution in [0.3, 0.4) is 0 Å². The van der Waals surface area contributed by atoms with Gasteiger partial charge in [0.15, 0.2) is 0 Å². The number of carboxylic acid groups (broad SMARTS) is 2. The van der Waals surface area contributed by atoms with Crippen molar-refractivity contribution in [2.75, 3.05) is 24.0 Å². The van der Waals surface area contributed by atoms with Gasteiger partial charge in [0.2, 0.25) is 17.7 Å². The molecule has 0 saturated heterocycles. The highest BCUT2D eigenvalue weighted by atomic mass is 32.2. The molecule has 4 unspecified atom stereocenters. The summed E-state index contributed by atoms with van der Waals surface area (Å²) in [6.07, 6.45) is 3.60. The Balaban J connectivity index is 3.06.